The number of aldehydes is 1. The van der Waals surface area contributed by atoms with Gasteiger partial charge in [-0.15, -0.1) is 0 Å². The smallest absolute Gasteiger partial charge is 0.226 e. The van der Waals surface area contributed by atoms with Crippen LogP contribution in [0.2, 0.25) is 0 Å². The molecule has 1 aliphatic rings. The van der Waals surface area contributed by atoms with Crippen LogP contribution in [0.1, 0.15) is 107 Å². The van der Waals surface area contributed by atoms with Gasteiger partial charge >= 0.3 is 0 Å². The van der Waals surface area contributed by atoms with Gasteiger partial charge in [0.15, 0.2) is 0 Å². The zero-order chi connectivity index (χ0) is 33.5. The highest BCUT2D eigenvalue weighted by Gasteiger charge is 2.17. The van der Waals surface area contributed by atoms with E-state index in [-0.39, 0.29) is 11.9 Å². The summed E-state index contributed by atoms with van der Waals surface area (Å²) in [4.78, 5) is 36.8. The van der Waals surface area contributed by atoms with Crippen molar-refractivity contribution >= 4 is 18.6 Å². The Morgan fingerprint density at radius 1 is 1.04 bits per heavy atom. The predicted octanol–water partition coefficient (Wildman–Crippen LogP) is 7.58. The summed E-state index contributed by atoms with van der Waals surface area (Å²) in [5, 5.41) is 2.12. The Morgan fingerprint density at radius 2 is 1.69 bits per heavy atom. The van der Waals surface area contributed by atoms with Crippen LogP contribution in [-0.2, 0) is 33.9 Å². The van der Waals surface area contributed by atoms with Gasteiger partial charge in [-0.1, -0.05) is 82.6 Å². The molecule has 1 saturated heterocycles. The Balaban J connectivity index is 0.000000431. The lowest BCUT2D eigenvalue weighted by molar-refractivity contribution is -0.125. The topological polar surface area (TPSA) is 79.0 Å². The number of likely N-dealkylation sites (tertiary alicyclic amines) is 1. The van der Waals surface area contributed by atoms with E-state index in [0.29, 0.717) is 38.0 Å². The maximum absolute atomic E-state index is 11.2. The standard InChI is InChI=1S/C21H33NO.C15H20N2O3.C2H6/c1-4-6-7-21(5-2)23-17-20-10-8-18(9-11-20)16-19-12-14-22(3)15-13-19;1-12(7-8-15(20)16-11-19)17(2)9-13-5-3-4-6-14(13)10-18;1-2/h7-11,19H,4-6,12-17H2,1-3H3;3-6,10-12H,7-9H2,1-2H3,(H,16,19,20);1-2H3/b21-7+;;. The molecule has 3 rings (SSSR count). The van der Waals surface area contributed by atoms with E-state index in [1.807, 2.05) is 46.0 Å². The van der Waals surface area contributed by atoms with E-state index in [1.54, 1.807) is 6.07 Å². The fourth-order valence-corrected chi connectivity index (χ4v) is 5.07. The van der Waals surface area contributed by atoms with Crippen LogP contribution in [0.4, 0.5) is 0 Å². The highest BCUT2D eigenvalue weighted by atomic mass is 16.5. The second-order valence-electron chi connectivity index (χ2n) is 11.7. The van der Waals surface area contributed by atoms with Gasteiger partial charge < -0.3 is 9.64 Å². The number of rotatable bonds is 16. The number of nitrogens with one attached hydrogen (secondary N) is 1. The number of carbonyl (C=O) groups excluding carboxylic acids is 3. The van der Waals surface area contributed by atoms with Crippen LogP contribution in [-0.4, -0.2) is 61.6 Å². The third kappa shape index (κ3) is 16.6. The Kier molecular flexibility index (Phi) is 21.2. The van der Waals surface area contributed by atoms with Crippen molar-refractivity contribution < 1.29 is 19.1 Å². The summed E-state index contributed by atoms with van der Waals surface area (Å²) in [5.41, 5.74) is 4.40. The number of benzene rings is 2. The highest BCUT2D eigenvalue weighted by molar-refractivity contribution is 5.85. The Morgan fingerprint density at radius 3 is 2.29 bits per heavy atom. The quantitative estimate of drug-likeness (QED) is 0.154. The molecule has 1 aliphatic heterocycles. The van der Waals surface area contributed by atoms with E-state index in [1.165, 1.54) is 49.9 Å². The number of amides is 2. The van der Waals surface area contributed by atoms with Crippen LogP contribution in [0.15, 0.2) is 60.4 Å². The van der Waals surface area contributed by atoms with Crippen LogP contribution in [0.3, 0.4) is 0 Å². The van der Waals surface area contributed by atoms with E-state index >= 15 is 0 Å². The molecular weight excluding hydrogens is 562 g/mol. The van der Waals surface area contributed by atoms with Crippen molar-refractivity contribution in [2.75, 3.05) is 27.2 Å². The number of ether oxygens (including phenoxy) is 1. The number of unbranched alkanes of at least 4 members (excludes halogenated alkanes) is 1. The van der Waals surface area contributed by atoms with Gasteiger partial charge in [0.05, 0.1) is 5.76 Å². The molecule has 2 aromatic rings. The van der Waals surface area contributed by atoms with Crippen LogP contribution < -0.4 is 5.32 Å². The minimum Gasteiger partial charge on any atom is -0.494 e. The maximum atomic E-state index is 11.2. The number of carbonyl (C=O) groups is 3. The van der Waals surface area contributed by atoms with Gasteiger partial charge in [-0.25, -0.2) is 0 Å². The minimum atomic E-state index is -0.270. The molecule has 1 N–H and O–H groups in total. The number of nitrogens with zero attached hydrogens (tertiary/aromatic N) is 2. The molecule has 2 amide bonds. The van der Waals surface area contributed by atoms with Crippen molar-refractivity contribution in [3.63, 3.8) is 0 Å². The van der Waals surface area contributed by atoms with Crippen LogP contribution in [0.5, 0.6) is 0 Å². The van der Waals surface area contributed by atoms with E-state index < -0.39 is 0 Å². The zero-order valence-electron chi connectivity index (χ0n) is 29.0. The molecule has 250 valence electrons. The average molecular weight is 622 g/mol. The summed E-state index contributed by atoms with van der Waals surface area (Å²) < 4.78 is 5.94. The van der Waals surface area contributed by atoms with Gasteiger partial charge in [-0.3, -0.25) is 24.6 Å². The number of imide groups is 1. The average Bonchev–Trinajstić information content (AvgIpc) is 3.07. The zero-order valence-corrected chi connectivity index (χ0v) is 29.0. The first-order valence-electron chi connectivity index (χ1n) is 16.8. The molecule has 7 nitrogen and oxygen atoms in total. The van der Waals surface area contributed by atoms with Crippen molar-refractivity contribution in [2.24, 2.45) is 5.92 Å². The summed E-state index contributed by atoms with van der Waals surface area (Å²) in [7, 11) is 4.18. The van der Waals surface area contributed by atoms with Gasteiger partial charge in [0.25, 0.3) is 0 Å². The third-order valence-corrected chi connectivity index (χ3v) is 8.18. The van der Waals surface area contributed by atoms with Crippen molar-refractivity contribution in [1.82, 2.24) is 15.1 Å². The minimum absolute atomic E-state index is 0.173. The largest absolute Gasteiger partial charge is 0.494 e. The molecule has 7 heteroatoms. The van der Waals surface area contributed by atoms with Gasteiger partial charge in [-0.05, 0) is 94.9 Å². The monoisotopic (exact) mass is 621 g/mol. The lowest BCUT2D eigenvalue weighted by Crippen LogP contribution is -2.31. The van der Waals surface area contributed by atoms with Gasteiger partial charge in [0.2, 0.25) is 12.3 Å². The number of piperidine rings is 1. The van der Waals surface area contributed by atoms with E-state index in [0.717, 1.165) is 36.4 Å². The molecule has 2 aromatic carbocycles. The van der Waals surface area contributed by atoms with E-state index in [2.05, 4.69) is 66.4 Å². The first-order chi connectivity index (χ1) is 21.8. The molecule has 0 spiro atoms. The third-order valence-electron chi connectivity index (χ3n) is 8.18. The molecule has 1 fully saturated rings. The fourth-order valence-electron chi connectivity index (χ4n) is 5.07. The van der Waals surface area contributed by atoms with Gasteiger partial charge in [0, 0.05) is 31.0 Å². The van der Waals surface area contributed by atoms with Crippen LogP contribution in [0, 0.1) is 5.92 Å². The molecule has 1 atom stereocenters. The molecule has 0 aliphatic carbocycles. The first kappa shape index (κ1) is 39.7. The summed E-state index contributed by atoms with van der Waals surface area (Å²) in [6, 6.07) is 16.7. The molecule has 0 radical (unpaired) electrons. The summed E-state index contributed by atoms with van der Waals surface area (Å²) in [6.45, 7) is 14.2. The van der Waals surface area contributed by atoms with Crippen molar-refractivity contribution in [2.45, 2.75) is 105 Å². The molecule has 0 saturated carbocycles. The molecular formula is C38H59N3O4. The molecule has 0 bridgehead atoms. The normalized spacial score (nSPS) is 14.4. The predicted molar refractivity (Wildman–Crippen MR) is 186 cm³/mol. The van der Waals surface area contributed by atoms with Crippen LogP contribution in [0.25, 0.3) is 0 Å². The maximum Gasteiger partial charge on any atom is 0.226 e. The Labute approximate surface area is 273 Å². The summed E-state index contributed by atoms with van der Waals surface area (Å²) in [5.74, 6) is 1.72. The Bertz CT molecular complexity index is 1120. The molecule has 1 heterocycles. The fraction of sp³-hybridized carbons (Fsp3) is 0.553. The first-order valence-corrected chi connectivity index (χ1v) is 16.8. The number of hydrogen-bond acceptors (Lipinski definition) is 6. The van der Waals surface area contributed by atoms with Crippen molar-refractivity contribution in [1.29, 1.82) is 0 Å². The molecule has 0 aromatic heterocycles. The van der Waals surface area contributed by atoms with Gasteiger partial charge in [0.1, 0.15) is 12.9 Å². The molecule has 1 unspecified atom stereocenters. The Hall–Kier alpha value is -3.29. The van der Waals surface area contributed by atoms with E-state index in [4.69, 9.17) is 4.74 Å². The number of hydrogen-bond donors (Lipinski definition) is 1. The number of allylic oxidation sites excluding steroid dienone is 2. The molecule has 45 heavy (non-hydrogen) atoms. The second-order valence-corrected chi connectivity index (χ2v) is 11.7. The SMILES string of the molecule is CC.CC(CCC(=O)NC=O)N(C)Cc1ccccc1C=O.CCC/C=C(\CC)OCc1ccc(CC2CCN(C)CC2)cc1. The summed E-state index contributed by atoms with van der Waals surface area (Å²) >= 11 is 0. The second kappa shape index (κ2) is 24.0. The van der Waals surface area contributed by atoms with Crippen molar-refractivity contribution in [3.8, 4) is 0 Å². The van der Waals surface area contributed by atoms with E-state index in [9.17, 15) is 14.4 Å². The van der Waals surface area contributed by atoms with Crippen molar-refractivity contribution in [3.05, 3.63) is 82.6 Å². The lowest BCUT2D eigenvalue weighted by Gasteiger charge is -2.29. The highest BCUT2D eigenvalue weighted by Crippen LogP contribution is 2.21. The van der Waals surface area contributed by atoms with Crippen LogP contribution >= 0.6 is 0 Å². The summed E-state index contributed by atoms with van der Waals surface area (Å²) in [6.07, 6.45) is 11.6. The lowest BCUT2D eigenvalue weighted by atomic mass is 9.90. The van der Waals surface area contributed by atoms with Gasteiger partial charge in [-0.2, -0.15) is 0 Å².